The van der Waals surface area contributed by atoms with Crippen molar-refractivity contribution in [2.45, 2.75) is 45.3 Å². The molecule has 0 unspecified atom stereocenters. The van der Waals surface area contributed by atoms with Crippen LogP contribution in [0, 0.1) is 5.92 Å². The second kappa shape index (κ2) is 8.41. The lowest BCUT2D eigenvalue weighted by Crippen LogP contribution is -3.16. The van der Waals surface area contributed by atoms with E-state index in [9.17, 15) is 22.8 Å². The predicted octanol–water partition coefficient (Wildman–Crippen LogP) is 0.929. The number of pyridine rings is 1. The summed E-state index contributed by atoms with van der Waals surface area (Å²) in [7, 11) is 0. The number of halogens is 3. The fourth-order valence-corrected chi connectivity index (χ4v) is 3.87. The number of aromatic amines is 1. The number of nitrogens with one attached hydrogen (secondary N) is 3. The van der Waals surface area contributed by atoms with E-state index < -0.39 is 17.3 Å². The Labute approximate surface area is 174 Å². The number of hydrogen-bond donors (Lipinski definition) is 2. The van der Waals surface area contributed by atoms with Gasteiger partial charge in [-0.3, -0.25) is 9.69 Å². The molecule has 10 heteroatoms. The average Bonchev–Trinajstić information content (AvgIpc) is 2.90. The van der Waals surface area contributed by atoms with Crippen molar-refractivity contribution in [3.8, 4) is 0 Å². The van der Waals surface area contributed by atoms with Crippen molar-refractivity contribution in [3.63, 3.8) is 0 Å². The van der Waals surface area contributed by atoms with Gasteiger partial charge in [0, 0.05) is 6.07 Å². The first-order valence-corrected chi connectivity index (χ1v) is 10.3. The first-order chi connectivity index (χ1) is 14.0. The Morgan fingerprint density at radius 3 is 2.43 bits per heavy atom. The van der Waals surface area contributed by atoms with Crippen molar-refractivity contribution < 1.29 is 32.6 Å². The van der Waals surface area contributed by atoms with Crippen molar-refractivity contribution >= 4 is 17.8 Å². The van der Waals surface area contributed by atoms with Gasteiger partial charge in [-0.15, -0.1) is 0 Å². The summed E-state index contributed by atoms with van der Waals surface area (Å²) in [5.41, 5.74) is -1.56. The summed E-state index contributed by atoms with van der Waals surface area (Å²) < 4.78 is 38.1. The number of carbonyl (C=O) groups is 2. The molecule has 7 nitrogen and oxygen atoms in total. The van der Waals surface area contributed by atoms with E-state index in [4.69, 9.17) is 0 Å². The number of imide groups is 1. The Hall–Kier alpha value is -2.36. The summed E-state index contributed by atoms with van der Waals surface area (Å²) in [5.74, 6) is 0.888. The van der Waals surface area contributed by atoms with Crippen LogP contribution >= 0.6 is 0 Å². The normalized spacial score (nSPS) is 23.4. The second-order valence-electron chi connectivity index (χ2n) is 8.78. The van der Waals surface area contributed by atoms with Gasteiger partial charge in [-0.1, -0.05) is 13.8 Å². The van der Waals surface area contributed by atoms with Crippen molar-refractivity contribution in [1.82, 2.24) is 10.2 Å². The van der Waals surface area contributed by atoms with Crippen LogP contribution in [0.1, 0.15) is 39.2 Å². The fraction of sp³-hybridized carbons (Fsp3) is 0.650. The molecule has 2 aliphatic heterocycles. The van der Waals surface area contributed by atoms with Crippen LogP contribution in [0.3, 0.4) is 0 Å². The average molecular weight is 429 g/mol. The van der Waals surface area contributed by atoms with Crippen LogP contribution in [-0.2, 0) is 11.0 Å². The molecule has 166 valence electrons. The third kappa shape index (κ3) is 4.85. The molecular formula is C20H30F3N5O2+2. The molecule has 1 aromatic rings. The molecule has 3 heterocycles. The van der Waals surface area contributed by atoms with E-state index in [1.165, 1.54) is 11.0 Å². The number of rotatable bonds is 6. The molecule has 0 spiro atoms. The van der Waals surface area contributed by atoms with Crippen molar-refractivity contribution in [2.75, 3.05) is 37.7 Å². The van der Waals surface area contributed by atoms with E-state index in [1.807, 2.05) is 4.90 Å². The quantitative estimate of drug-likeness (QED) is 0.661. The molecule has 0 bridgehead atoms. The minimum atomic E-state index is -4.37. The number of H-pyrrole nitrogens is 1. The lowest BCUT2D eigenvalue weighted by atomic mass is 9.92. The third-order valence-electron chi connectivity index (χ3n) is 5.88. The number of aromatic nitrogens is 1. The number of alkyl halides is 3. The van der Waals surface area contributed by atoms with E-state index in [-0.39, 0.29) is 11.9 Å². The molecular weight excluding hydrogens is 399 g/mol. The molecule has 2 saturated heterocycles. The highest BCUT2D eigenvalue weighted by Gasteiger charge is 2.49. The summed E-state index contributed by atoms with van der Waals surface area (Å²) in [6, 6.07) is 2.15. The number of nitrogens with zero attached hydrogens (tertiary/aromatic N) is 2. The van der Waals surface area contributed by atoms with Gasteiger partial charge in [0.1, 0.15) is 37.9 Å². The van der Waals surface area contributed by atoms with Gasteiger partial charge in [0.25, 0.3) is 11.7 Å². The highest BCUT2D eigenvalue weighted by atomic mass is 19.4. The maximum Gasteiger partial charge on any atom is 0.419 e. The van der Waals surface area contributed by atoms with Crippen LogP contribution in [0.5, 0.6) is 0 Å². The van der Waals surface area contributed by atoms with E-state index in [1.54, 1.807) is 6.92 Å². The van der Waals surface area contributed by atoms with Crippen LogP contribution in [0.4, 0.5) is 23.8 Å². The van der Waals surface area contributed by atoms with E-state index in [0.29, 0.717) is 51.0 Å². The summed E-state index contributed by atoms with van der Waals surface area (Å²) in [6.07, 6.45) is -1.94. The van der Waals surface area contributed by atoms with E-state index >= 15 is 0 Å². The van der Waals surface area contributed by atoms with Crippen LogP contribution in [-0.4, -0.2) is 55.2 Å². The van der Waals surface area contributed by atoms with Crippen molar-refractivity contribution in [1.29, 1.82) is 0 Å². The topological polar surface area (TPSA) is 71.2 Å². The fourth-order valence-electron chi connectivity index (χ4n) is 3.87. The number of amides is 3. The zero-order chi connectivity index (χ0) is 22.1. The molecule has 3 rings (SSSR count). The van der Waals surface area contributed by atoms with Crippen molar-refractivity contribution in [2.24, 2.45) is 5.92 Å². The Balaban J connectivity index is 1.54. The van der Waals surface area contributed by atoms with Gasteiger partial charge < -0.3 is 10.2 Å². The van der Waals surface area contributed by atoms with Gasteiger partial charge in [-0.05, 0) is 31.7 Å². The van der Waals surface area contributed by atoms with Gasteiger partial charge in [0.2, 0.25) is 0 Å². The first-order valence-electron chi connectivity index (χ1n) is 10.3. The van der Waals surface area contributed by atoms with E-state index in [0.717, 1.165) is 23.6 Å². The first kappa shape index (κ1) is 22.3. The Bertz CT molecular complexity index is 776. The minimum Gasteiger partial charge on any atom is -0.323 e. The van der Waals surface area contributed by atoms with E-state index in [2.05, 4.69) is 24.1 Å². The van der Waals surface area contributed by atoms with Crippen LogP contribution in [0.2, 0.25) is 0 Å². The molecule has 1 aromatic heterocycles. The largest absolute Gasteiger partial charge is 0.419 e. The SMILES string of the molecule is CC(C)CC[C@]1(C)NC(=O)N(C[NH+]2CCN(c3ccc(C(F)(F)F)c[nH+]3)CC2)C1=O. The molecule has 2 fully saturated rings. The Morgan fingerprint density at radius 2 is 1.90 bits per heavy atom. The Morgan fingerprint density at radius 1 is 1.23 bits per heavy atom. The summed E-state index contributed by atoms with van der Waals surface area (Å²) in [4.78, 5) is 32.3. The number of urea groups is 1. The van der Waals surface area contributed by atoms with Gasteiger partial charge in [-0.2, -0.15) is 13.2 Å². The molecule has 0 aliphatic carbocycles. The molecule has 1 atom stereocenters. The highest BCUT2D eigenvalue weighted by Crippen LogP contribution is 2.28. The second-order valence-corrected chi connectivity index (χ2v) is 8.78. The molecule has 2 aliphatic rings. The highest BCUT2D eigenvalue weighted by molar-refractivity contribution is 6.06. The molecule has 3 amide bonds. The molecule has 30 heavy (non-hydrogen) atoms. The lowest BCUT2D eigenvalue weighted by Gasteiger charge is -2.30. The number of carbonyl (C=O) groups excluding carboxylic acids is 2. The number of hydrogen-bond acceptors (Lipinski definition) is 3. The van der Waals surface area contributed by atoms with Crippen LogP contribution in [0.25, 0.3) is 0 Å². The third-order valence-corrected chi connectivity index (χ3v) is 5.88. The molecule has 0 radical (unpaired) electrons. The Kier molecular flexibility index (Phi) is 6.26. The van der Waals surface area contributed by atoms with Crippen molar-refractivity contribution in [3.05, 3.63) is 23.9 Å². The van der Waals surface area contributed by atoms with Crippen LogP contribution < -0.4 is 20.1 Å². The number of anilines is 1. The lowest BCUT2D eigenvalue weighted by molar-refractivity contribution is -0.908. The summed E-state index contributed by atoms with van der Waals surface area (Å²) >= 11 is 0. The predicted molar refractivity (Wildman–Crippen MR) is 104 cm³/mol. The van der Waals surface area contributed by atoms with Gasteiger partial charge >= 0.3 is 12.2 Å². The monoisotopic (exact) mass is 429 g/mol. The molecule has 0 saturated carbocycles. The standard InChI is InChI=1S/C20H28F3N5O2/c1-14(2)6-7-19(3)17(29)28(18(30)25-19)13-26-8-10-27(11-9-26)16-5-4-15(12-24-16)20(21,22)23/h4-5,12,14H,6-11,13H2,1-3H3,(H,25,30)/p+2/t19-/m0/s1. The maximum atomic E-state index is 12.8. The maximum absolute atomic E-state index is 12.8. The minimum absolute atomic E-state index is 0.181. The zero-order valence-electron chi connectivity index (χ0n) is 17.6. The number of piperazine rings is 1. The molecule has 0 aromatic carbocycles. The summed E-state index contributed by atoms with van der Waals surface area (Å²) in [5, 5.41) is 2.84. The zero-order valence-corrected chi connectivity index (χ0v) is 17.6. The van der Waals surface area contributed by atoms with Crippen LogP contribution in [0.15, 0.2) is 18.3 Å². The smallest absolute Gasteiger partial charge is 0.323 e. The van der Waals surface area contributed by atoms with Gasteiger partial charge in [0.15, 0.2) is 6.67 Å². The van der Waals surface area contributed by atoms with Gasteiger partial charge in [-0.25, -0.2) is 14.7 Å². The van der Waals surface area contributed by atoms with Gasteiger partial charge in [0.05, 0.1) is 5.56 Å². The summed E-state index contributed by atoms with van der Waals surface area (Å²) in [6.45, 7) is 8.83. The molecule has 3 N–H and O–H groups in total. The number of quaternary nitrogens is 1.